The highest BCUT2D eigenvalue weighted by Gasteiger charge is 2.38. The maximum Gasteiger partial charge on any atom is 0.252 e. The van der Waals surface area contributed by atoms with Gasteiger partial charge in [-0.3, -0.25) is 4.79 Å². The molecule has 1 saturated carbocycles. The standard InChI is InChI=1S/C25H33N3O2/c26-25(30)21-9-8-18(15-24(21)29)5-4-12-28-13-10-19(11-14-28)17-27-23-16-22(23)20-6-2-1-3-7-20/h1-3,6-9,15,19,22-23,27,29H,4-5,10-14,16-17H2,(H2,26,30). The highest BCUT2D eigenvalue weighted by atomic mass is 16.3. The average molecular weight is 408 g/mol. The summed E-state index contributed by atoms with van der Waals surface area (Å²) in [6.07, 6.45) is 5.77. The SMILES string of the molecule is NC(=O)c1ccc(CCCN2CCC(CNC3CC3c3ccccc3)CC2)cc1O. The first-order valence-electron chi connectivity index (χ1n) is 11.2. The van der Waals surface area contributed by atoms with E-state index in [0.29, 0.717) is 12.0 Å². The summed E-state index contributed by atoms with van der Waals surface area (Å²) in [5.74, 6) is 0.895. The van der Waals surface area contributed by atoms with Crippen molar-refractivity contribution in [2.24, 2.45) is 11.7 Å². The lowest BCUT2D eigenvalue weighted by Crippen LogP contribution is -2.38. The Morgan fingerprint density at radius 1 is 1.13 bits per heavy atom. The zero-order valence-corrected chi connectivity index (χ0v) is 17.6. The van der Waals surface area contributed by atoms with E-state index in [2.05, 4.69) is 40.5 Å². The summed E-state index contributed by atoms with van der Waals surface area (Å²) in [4.78, 5) is 13.8. The van der Waals surface area contributed by atoms with E-state index in [1.165, 1.54) is 37.9 Å². The van der Waals surface area contributed by atoms with Crippen molar-refractivity contribution in [3.8, 4) is 5.75 Å². The Labute approximate surface area is 179 Å². The maximum atomic E-state index is 11.2. The third-order valence-corrected chi connectivity index (χ3v) is 6.66. The molecule has 2 aliphatic rings. The van der Waals surface area contributed by atoms with Crippen LogP contribution in [0.5, 0.6) is 5.75 Å². The number of nitrogens with one attached hydrogen (secondary N) is 1. The van der Waals surface area contributed by atoms with Gasteiger partial charge in [-0.15, -0.1) is 0 Å². The second kappa shape index (κ2) is 9.63. The van der Waals surface area contributed by atoms with Gasteiger partial charge in [0.05, 0.1) is 5.56 Å². The molecular weight excluding hydrogens is 374 g/mol. The van der Waals surface area contributed by atoms with Crippen LogP contribution in [0.1, 0.15) is 53.1 Å². The first kappa shape index (κ1) is 20.9. The van der Waals surface area contributed by atoms with Gasteiger partial charge >= 0.3 is 0 Å². The number of carbonyl (C=O) groups excluding carboxylic acids is 1. The quantitative estimate of drug-likeness (QED) is 0.596. The summed E-state index contributed by atoms with van der Waals surface area (Å²) in [7, 11) is 0. The molecule has 30 heavy (non-hydrogen) atoms. The van der Waals surface area contributed by atoms with Crippen LogP contribution in [0.2, 0.25) is 0 Å². The minimum atomic E-state index is -0.589. The van der Waals surface area contributed by atoms with Gasteiger partial charge in [-0.05, 0) is 87.5 Å². The summed E-state index contributed by atoms with van der Waals surface area (Å²) in [6, 6.07) is 16.7. The molecule has 2 unspecified atom stereocenters. The minimum Gasteiger partial charge on any atom is -0.507 e. The van der Waals surface area contributed by atoms with Gasteiger partial charge in [0.15, 0.2) is 0 Å². The van der Waals surface area contributed by atoms with Crippen molar-refractivity contribution in [3.63, 3.8) is 0 Å². The van der Waals surface area contributed by atoms with Gasteiger partial charge in [0.25, 0.3) is 5.91 Å². The molecule has 2 fully saturated rings. The van der Waals surface area contributed by atoms with E-state index in [9.17, 15) is 9.90 Å². The van der Waals surface area contributed by atoms with Crippen molar-refractivity contribution < 1.29 is 9.90 Å². The predicted molar refractivity (Wildman–Crippen MR) is 120 cm³/mol. The van der Waals surface area contributed by atoms with Crippen LogP contribution in [0.3, 0.4) is 0 Å². The Kier molecular flexibility index (Phi) is 6.70. The van der Waals surface area contributed by atoms with E-state index in [1.807, 2.05) is 6.07 Å². The average Bonchev–Trinajstić information content (AvgIpc) is 3.53. The minimum absolute atomic E-state index is 0.0153. The van der Waals surface area contributed by atoms with Gasteiger partial charge in [0.1, 0.15) is 5.75 Å². The maximum absolute atomic E-state index is 11.2. The molecule has 2 aromatic rings. The van der Waals surface area contributed by atoms with Gasteiger partial charge < -0.3 is 21.1 Å². The molecule has 1 amide bonds. The van der Waals surface area contributed by atoms with E-state index in [1.54, 1.807) is 12.1 Å². The molecule has 0 aromatic heterocycles. The lowest BCUT2D eigenvalue weighted by atomic mass is 9.96. The van der Waals surface area contributed by atoms with Gasteiger partial charge in [-0.1, -0.05) is 36.4 Å². The molecule has 5 heteroatoms. The molecule has 2 aromatic carbocycles. The molecule has 1 aliphatic carbocycles. The number of rotatable bonds is 9. The Balaban J connectivity index is 1.11. The molecule has 4 N–H and O–H groups in total. The Morgan fingerprint density at radius 3 is 2.60 bits per heavy atom. The number of primary amides is 1. The fraction of sp³-hybridized carbons (Fsp3) is 0.480. The molecule has 5 nitrogen and oxygen atoms in total. The Hall–Kier alpha value is -2.37. The lowest BCUT2D eigenvalue weighted by Gasteiger charge is -2.32. The summed E-state index contributed by atoms with van der Waals surface area (Å²) < 4.78 is 0. The van der Waals surface area contributed by atoms with E-state index in [-0.39, 0.29) is 11.3 Å². The number of benzene rings is 2. The first-order valence-corrected chi connectivity index (χ1v) is 11.2. The monoisotopic (exact) mass is 407 g/mol. The summed E-state index contributed by atoms with van der Waals surface area (Å²) >= 11 is 0. The van der Waals surface area contributed by atoms with Crippen LogP contribution in [0.15, 0.2) is 48.5 Å². The fourth-order valence-electron chi connectivity index (χ4n) is 4.67. The number of carbonyl (C=O) groups is 1. The number of nitrogens with two attached hydrogens (primary N) is 1. The number of amides is 1. The number of phenols is 1. The lowest BCUT2D eigenvalue weighted by molar-refractivity contribution is 0.0997. The molecule has 1 heterocycles. The predicted octanol–water partition coefficient (Wildman–Crippen LogP) is 3.28. The summed E-state index contributed by atoms with van der Waals surface area (Å²) in [6.45, 7) is 4.57. The van der Waals surface area contributed by atoms with Crippen molar-refractivity contribution in [2.75, 3.05) is 26.2 Å². The number of nitrogens with zero attached hydrogens (tertiary/aromatic N) is 1. The van der Waals surface area contributed by atoms with Crippen molar-refractivity contribution in [2.45, 2.75) is 44.1 Å². The third-order valence-electron chi connectivity index (χ3n) is 6.66. The Bertz CT molecular complexity index is 847. The normalized spacial score (nSPS) is 22.1. The first-order chi connectivity index (χ1) is 14.6. The van der Waals surface area contributed by atoms with Crippen LogP contribution in [-0.2, 0) is 6.42 Å². The number of aromatic hydroxyl groups is 1. The van der Waals surface area contributed by atoms with Crippen molar-refractivity contribution in [3.05, 3.63) is 65.2 Å². The van der Waals surface area contributed by atoms with Crippen LogP contribution in [0.4, 0.5) is 0 Å². The number of piperidine rings is 1. The molecule has 1 aliphatic heterocycles. The third kappa shape index (κ3) is 5.41. The highest BCUT2D eigenvalue weighted by Crippen LogP contribution is 2.40. The molecule has 2 atom stereocenters. The van der Waals surface area contributed by atoms with E-state index in [0.717, 1.165) is 37.4 Å². The van der Waals surface area contributed by atoms with Gasteiger partial charge in [-0.25, -0.2) is 0 Å². The zero-order chi connectivity index (χ0) is 20.9. The van der Waals surface area contributed by atoms with Crippen LogP contribution >= 0.6 is 0 Å². The summed E-state index contributed by atoms with van der Waals surface area (Å²) in [5.41, 5.74) is 7.95. The van der Waals surface area contributed by atoms with Crippen LogP contribution < -0.4 is 11.1 Å². The smallest absolute Gasteiger partial charge is 0.252 e. The Morgan fingerprint density at radius 2 is 1.90 bits per heavy atom. The second-order valence-corrected chi connectivity index (χ2v) is 8.87. The molecule has 0 radical (unpaired) electrons. The number of hydrogen-bond donors (Lipinski definition) is 3. The van der Waals surface area contributed by atoms with Crippen molar-refractivity contribution in [1.29, 1.82) is 0 Å². The molecular formula is C25H33N3O2. The molecule has 4 rings (SSSR count). The number of aryl methyl sites for hydroxylation is 1. The molecule has 1 saturated heterocycles. The van der Waals surface area contributed by atoms with Crippen LogP contribution in [-0.4, -0.2) is 48.1 Å². The van der Waals surface area contributed by atoms with Gasteiger partial charge in [-0.2, -0.15) is 0 Å². The van der Waals surface area contributed by atoms with E-state index < -0.39 is 5.91 Å². The fourth-order valence-corrected chi connectivity index (χ4v) is 4.67. The number of likely N-dealkylation sites (tertiary alicyclic amines) is 1. The molecule has 0 bridgehead atoms. The largest absolute Gasteiger partial charge is 0.507 e. The van der Waals surface area contributed by atoms with Crippen molar-refractivity contribution >= 4 is 5.91 Å². The topological polar surface area (TPSA) is 78.6 Å². The van der Waals surface area contributed by atoms with Gasteiger partial charge in [0, 0.05) is 12.0 Å². The van der Waals surface area contributed by atoms with Crippen molar-refractivity contribution in [1.82, 2.24) is 10.2 Å². The molecule has 160 valence electrons. The van der Waals surface area contributed by atoms with E-state index in [4.69, 9.17) is 5.73 Å². The molecule has 0 spiro atoms. The van der Waals surface area contributed by atoms with Crippen LogP contribution in [0.25, 0.3) is 0 Å². The zero-order valence-electron chi connectivity index (χ0n) is 17.6. The summed E-state index contributed by atoms with van der Waals surface area (Å²) in [5, 5.41) is 13.7. The number of hydrogen-bond acceptors (Lipinski definition) is 4. The van der Waals surface area contributed by atoms with Gasteiger partial charge in [0.2, 0.25) is 0 Å². The van der Waals surface area contributed by atoms with Crippen LogP contribution in [0, 0.1) is 5.92 Å². The second-order valence-electron chi connectivity index (χ2n) is 8.87. The highest BCUT2D eigenvalue weighted by molar-refractivity contribution is 5.95. The van der Waals surface area contributed by atoms with E-state index >= 15 is 0 Å².